The van der Waals surface area contributed by atoms with Gasteiger partial charge in [-0.25, -0.2) is 4.79 Å². The molecule has 1 saturated heterocycles. The molecule has 1 heterocycles. The van der Waals surface area contributed by atoms with Crippen LogP contribution in [0.5, 0.6) is 0 Å². The Morgan fingerprint density at radius 1 is 1.38 bits per heavy atom. The van der Waals surface area contributed by atoms with E-state index >= 15 is 0 Å². The third-order valence-corrected chi connectivity index (χ3v) is 4.66. The molecule has 1 aliphatic rings. The van der Waals surface area contributed by atoms with Gasteiger partial charge < -0.3 is 19.3 Å². The molecule has 1 fully saturated rings. The molecule has 140 valence electrons. The molecular weight excluding hydrogens is 362 g/mol. The lowest BCUT2D eigenvalue weighted by molar-refractivity contribution is -0.256. The Kier molecular flexibility index (Phi) is 7.43. The van der Waals surface area contributed by atoms with Gasteiger partial charge in [0, 0.05) is 24.7 Å². The number of hydrogen-bond donors (Lipinski definition) is 1. The second-order valence-electron chi connectivity index (χ2n) is 5.50. The Morgan fingerprint density at radius 2 is 2.08 bits per heavy atom. The van der Waals surface area contributed by atoms with E-state index in [-0.39, 0.29) is 10.9 Å². The SMILES string of the molecule is CO[C@H]1O[C@H](CSC(C)=O)[C@@H](OC(=O)c2ccccc2)[C@@H](N=[N+]=[N-])[C@@H]1O. The van der Waals surface area contributed by atoms with Gasteiger partial charge in [-0.05, 0) is 17.7 Å². The first kappa shape index (κ1) is 20.2. The number of methoxy groups -OCH3 is 1. The van der Waals surface area contributed by atoms with E-state index in [1.807, 2.05) is 0 Å². The topological polar surface area (TPSA) is 131 Å². The van der Waals surface area contributed by atoms with Gasteiger partial charge in [-0.1, -0.05) is 35.1 Å². The normalized spacial score (nSPS) is 28.0. The molecule has 0 aliphatic carbocycles. The first-order valence-corrected chi connectivity index (χ1v) is 8.76. The predicted molar refractivity (Wildman–Crippen MR) is 93.4 cm³/mol. The highest BCUT2D eigenvalue weighted by molar-refractivity contribution is 8.13. The third-order valence-electron chi connectivity index (χ3n) is 3.76. The van der Waals surface area contributed by atoms with Crippen molar-refractivity contribution in [2.45, 2.75) is 37.6 Å². The summed E-state index contributed by atoms with van der Waals surface area (Å²) >= 11 is 0.971. The minimum Gasteiger partial charge on any atom is -0.455 e. The second-order valence-corrected chi connectivity index (χ2v) is 6.70. The van der Waals surface area contributed by atoms with Crippen LogP contribution in [0.4, 0.5) is 0 Å². The zero-order valence-corrected chi connectivity index (χ0v) is 15.0. The largest absolute Gasteiger partial charge is 0.455 e. The average molecular weight is 381 g/mol. The van der Waals surface area contributed by atoms with Crippen molar-refractivity contribution in [3.63, 3.8) is 0 Å². The van der Waals surface area contributed by atoms with Gasteiger partial charge in [-0.15, -0.1) is 0 Å². The van der Waals surface area contributed by atoms with Crippen LogP contribution in [0.3, 0.4) is 0 Å². The number of esters is 1. The Bertz CT molecular complexity index is 682. The predicted octanol–water partition coefficient (Wildman–Crippen LogP) is 1.90. The van der Waals surface area contributed by atoms with Crippen LogP contribution in [-0.4, -0.2) is 59.7 Å². The van der Waals surface area contributed by atoms with E-state index in [1.165, 1.54) is 14.0 Å². The number of ether oxygens (including phenoxy) is 3. The number of benzene rings is 1. The van der Waals surface area contributed by atoms with Gasteiger partial charge in [0.2, 0.25) is 0 Å². The maximum absolute atomic E-state index is 12.4. The smallest absolute Gasteiger partial charge is 0.338 e. The second kappa shape index (κ2) is 9.56. The van der Waals surface area contributed by atoms with Crippen molar-refractivity contribution in [1.82, 2.24) is 0 Å². The van der Waals surface area contributed by atoms with Gasteiger partial charge in [0.25, 0.3) is 0 Å². The highest BCUT2D eigenvalue weighted by Gasteiger charge is 2.47. The summed E-state index contributed by atoms with van der Waals surface area (Å²) in [6, 6.07) is 7.13. The fourth-order valence-electron chi connectivity index (χ4n) is 2.54. The fraction of sp³-hybridized carbons (Fsp3) is 0.500. The van der Waals surface area contributed by atoms with Crippen LogP contribution in [-0.2, 0) is 19.0 Å². The Balaban J connectivity index is 2.27. The number of nitrogens with zero attached hydrogens (tertiary/aromatic N) is 3. The molecule has 1 aromatic carbocycles. The molecule has 1 aromatic rings. The average Bonchev–Trinajstić information content (AvgIpc) is 2.64. The molecule has 1 aliphatic heterocycles. The molecule has 0 saturated carbocycles. The van der Waals surface area contributed by atoms with Crippen LogP contribution < -0.4 is 0 Å². The minimum atomic E-state index is -1.33. The van der Waals surface area contributed by atoms with Crippen LogP contribution in [0.15, 0.2) is 35.4 Å². The lowest BCUT2D eigenvalue weighted by Crippen LogP contribution is -2.59. The van der Waals surface area contributed by atoms with Gasteiger partial charge in [-0.2, -0.15) is 0 Å². The van der Waals surface area contributed by atoms with Crippen molar-refractivity contribution >= 4 is 22.8 Å². The number of aliphatic hydroxyl groups is 1. The van der Waals surface area contributed by atoms with Crippen LogP contribution in [0.2, 0.25) is 0 Å². The molecule has 1 N–H and O–H groups in total. The standard InChI is InChI=1S/C16H19N3O6S/c1-9(20)26-8-11-14(25-15(22)10-6-4-3-5-7-10)12(18-19-17)13(21)16(23-2)24-11/h3-7,11-14,16,21H,8H2,1-2H3/t11-,12+,13+,14-,16+/m1/s1. The number of azide groups is 1. The third kappa shape index (κ3) is 4.96. The van der Waals surface area contributed by atoms with E-state index in [0.717, 1.165) is 11.8 Å². The Hall–Kier alpha value is -2.10. The Morgan fingerprint density at radius 3 is 2.65 bits per heavy atom. The summed E-state index contributed by atoms with van der Waals surface area (Å²) in [4.78, 5) is 26.4. The summed E-state index contributed by atoms with van der Waals surface area (Å²) in [5.74, 6) is -0.509. The van der Waals surface area contributed by atoms with Crippen molar-refractivity contribution < 1.29 is 28.9 Å². The van der Waals surface area contributed by atoms with Gasteiger partial charge >= 0.3 is 5.97 Å². The zero-order valence-electron chi connectivity index (χ0n) is 14.2. The molecule has 0 radical (unpaired) electrons. The van der Waals surface area contributed by atoms with E-state index in [1.54, 1.807) is 30.3 Å². The van der Waals surface area contributed by atoms with Crippen molar-refractivity contribution in [2.24, 2.45) is 5.11 Å². The van der Waals surface area contributed by atoms with Crippen molar-refractivity contribution in [2.75, 3.05) is 12.9 Å². The molecule has 0 aromatic heterocycles. The summed E-state index contributed by atoms with van der Waals surface area (Å²) in [6.45, 7) is 1.39. The molecule has 5 atom stereocenters. The fourth-order valence-corrected chi connectivity index (χ4v) is 3.21. The number of carbonyl (C=O) groups excluding carboxylic acids is 2. The summed E-state index contributed by atoms with van der Waals surface area (Å²) in [6.07, 6.45) is -4.29. The highest BCUT2D eigenvalue weighted by Crippen LogP contribution is 2.29. The first-order chi connectivity index (χ1) is 12.5. The van der Waals surface area contributed by atoms with Gasteiger partial charge in [0.05, 0.1) is 5.56 Å². The summed E-state index contributed by atoms with van der Waals surface area (Å²) < 4.78 is 16.2. The van der Waals surface area contributed by atoms with E-state index < -0.39 is 36.6 Å². The number of rotatable bonds is 6. The summed E-state index contributed by atoms with van der Waals surface area (Å²) in [7, 11) is 1.33. The molecule has 0 unspecified atom stereocenters. The maximum Gasteiger partial charge on any atom is 0.338 e. The van der Waals surface area contributed by atoms with Crippen molar-refractivity contribution in [3.8, 4) is 0 Å². The highest BCUT2D eigenvalue weighted by atomic mass is 32.2. The van der Waals surface area contributed by atoms with Crippen LogP contribution in [0, 0.1) is 0 Å². The molecular formula is C16H19N3O6S. The van der Waals surface area contributed by atoms with Gasteiger partial charge in [0.1, 0.15) is 24.4 Å². The van der Waals surface area contributed by atoms with Crippen LogP contribution in [0.25, 0.3) is 10.4 Å². The molecule has 0 spiro atoms. The zero-order chi connectivity index (χ0) is 19.1. The van der Waals surface area contributed by atoms with E-state index in [0.29, 0.717) is 5.56 Å². The number of thioether (sulfide) groups is 1. The van der Waals surface area contributed by atoms with Crippen LogP contribution in [0.1, 0.15) is 17.3 Å². The van der Waals surface area contributed by atoms with E-state index in [9.17, 15) is 14.7 Å². The van der Waals surface area contributed by atoms with Crippen molar-refractivity contribution in [3.05, 3.63) is 46.3 Å². The lowest BCUT2D eigenvalue weighted by Gasteiger charge is -2.41. The van der Waals surface area contributed by atoms with Gasteiger partial charge in [-0.3, -0.25) is 4.79 Å². The molecule has 0 amide bonds. The molecule has 26 heavy (non-hydrogen) atoms. The van der Waals surface area contributed by atoms with Crippen LogP contribution >= 0.6 is 11.8 Å². The lowest BCUT2D eigenvalue weighted by atomic mass is 9.97. The number of hydrogen-bond acceptors (Lipinski definition) is 8. The van der Waals surface area contributed by atoms with E-state index in [2.05, 4.69) is 10.0 Å². The first-order valence-electron chi connectivity index (χ1n) is 7.77. The van der Waals surface area contributed by atoms with E-state index in [4.69, 9.17) is 19.7 Å². The van der Waals surface area contributed by atoms with Crippen molar-refractivity contribution in [1.29, 1.82) is 0 Å². The summed E-state index contributed by atoms with van der Waals surface area (Å²) in [5.41, 5.74) is 9.13. The molecule has 2 rings (SSSR count). The summed E-state index contributed by atoms with van der Waals surface area (Å²) in [5, 5.41) is 13.7. The molecule has 9 nitrogen and oxygen atoms in total. The maximum atomic E-state index is 12.4. The monoisotopic (exact) mass is 381 g/mol. The number of carbonyl (C=O) groups is 2. The number of aliphatic hydroxyl groups excluding tert-OH is 1. The van der Waals surface area contributed by atoms with Gasteiger partial charge in [0.15, 0.2) is 11.4 Å². The molecule has 10 heteroatoms. The molecule has 0 bridgehead atoms. The minimum absolute atomic E-state index is 0.145. The quantitative estimate of drug-likeness (QED) is 0.344. The Labute approximate surface area is 154 Å².